The van der Waals surface area contributed by atoms with E-state index in [1.54, 1.807) is 11.3 Å². The lowest BCUT2D eigenvalue weighted by Gasteiger charge is -2.29. The van der Waals surface area contributed by atoms with Gasteiger partial charge in [-0.2, -0.15) is 0 Å². The van der Waals surface area contributed by atoms with Crippen LogP contribution in [0.25, 0.3) is 10.2 Å². The summed E-state index contributed by atoms with van der Waals surface area (Å²) in [5, 5.41) is 4.33. The Labute approximate surface area is 164 Å². The molecule has 3 nitrogen and oxygen atoms in total. The van der Waals surface area contributed by atoms with Gasteiger partial charge < -0.3 is 5.32 Å². The summed E-state index contributed by atoms with van der Waals surface area (Å²) in [6.07, 6.45) is 5.24. The number of amides is 1. The van der Waals surface area contributed by atoms with Crippen molar-refractivity contribution in [1.82, 2.24) is 10.3 Å². The van der Waals surface area contributed by atoms with E-state index in [-0.39, 0.29) is 17.7 Å². The van der Waals surface area contributed by atoms with E-state index in [1.165, 1.54) is 22.2 Å². The molecule has 0 aliphatic heterocycles. The van der Waals surface area contributed by atoms with Crippen LogP contribution in [0.4, 0.5) is 0 Å². The third kappa shape index (κ3) is 4.06. The first-order valence-electron chi connectivity index (χ1n) is 9.90. The number of aryl methyl sites for hydroxylation is 1. The van der Waals surface area contributed by atoms with Gasteiger partial charge in [0.15, 0.2) is 0 Å². The molecule has 1 fully saturated rings. The van der Waals surface area contributed by atoms with Crippen LogP contribution < -0.4 is 5.32 Å². The molecule has 140 valence electrons. The molecule has 0 unspecified atom stereocenters. The summed E-state index contributed by atoms with van der Waals surface area (Å²) in [4.78, 5) is 17.8. The maximum absolute atomic E-state index is 12.9. The number of nitrogens with zero attached hydrogens (tertiary/aromatic N) is 1. The van der Waals surface area contributed by atoms with E-state index < -0.39 is 0 Å². The number of fused-ring (bicyclic) bond motifs is 1. The molecule has 0 spiro atoms. The molecule has 4 rings (SSSR count). The molecular formula is C23H26N2OS. The van der Waals surface area contributed by atoms with E-state index in [0.29, 0.717) is 6.54 Å². The van der Waals surface area contributed by atoms with Gasteiger partial charge >= 0.3 is 0 Å². The lowest BCUT2D eigenvalue weighted by Crippen LogP contribution is -2.36. The highest BCUT2D eigenvalue weighted by molar-refractivity contribution is 7.18. The predicted octanol–water partition coefficient (Wildman–Crippen LogP) is 5.24. The fourth-order valence-corrected chi connectivity index (χ4v) is 5.30. The maximum atomic E-state index is 12.9. The van der Waals surface area contributed by atoms with Crippen molar-refractivity contribution in [3.05, 3.63) is 64.7 Å². The van der Waals surface area contributed by atoms with Crippen molar-refractivity contribution in [2.24, 2.45) is 5.92 Å². The highest BCUT2D eigenvalue weighted by atomic mass is 32.1. The largest absolute Gasteiger partial charge is 0.356 e. The van der Waals surface area contributed by atoms with Crippen molar-refractivity contribution in [2.45, 2.75) is 44.9 Å². The number of carbonyl (C=O) groups excluding carboxylic acids is 1. The van der Waals surface area contributed by atoms with Crippen LogP contribution in [0.15, 0.2) is 48.5 Å². The van der Waals surface area contributed by atoms with Crippen molar-refractivity contribution in [3.8, 4) is 0 Å². The van der Waals surface area contributed by atoms with Crippen LogP contribution in [0.5, 0.6) is 0 Å². The van der Waals surface area contributed by atoms with Gasteiger partial charge in [-0.05, 0) is 49.4 Å². The second kappa shape index (κ2) is 8.22. The summed E-state index contributed by atoms with van der Waals surface area (Å²) in [7, 11) is 0. The lowest BCUT2D eigenvalue weighted by atomic mass is 9.79. The number of nitrogens with one attached hydrogen (secondary N) is 1. The molecule has 2 aromatic carbocycles. The Balaban J connectivity index is 1.43. The van der Waals surface area contributed by atoms with E-state index in [9.17, 15) is 4.79 Å². The van der Waals surface area contributed by atoms with Gasteiger partial charge in [0.25, 0.3) is 0 Å². The molecule has 4 heteroatoms. The van der Waals surface area contributed by atoms with Gasteiger partial charge in [0.1, 0.15) is 0 Å². The average molecular weight is 379 g/mol. The van der Waals surface area contributed by atoms with E-state index in [0.717, 1.165) is 36.2 Å². The Morgan fingerprint density at radius 1 is 1.11 bits per heavy atom. The topological polar surface area (TPSA) is 42.0 Å². The van der Waals surface area contributed by atoms with Crippen LogP contribution in [0.3, 0.4) is 0 Å². The van der Waals surface area contributed by atoms with Gasteiger partial charge in [0.2, 0.25) is 5.91 Å². The summed E-state index contributed by atoms with van der Waals surface area (Å²) < 4.78 is 1.22. The zero-order chi connectivity index (χ0) is 18.6. The summed E-state index contributed by atoms with van der Waals surface area (Å²) >= 11 is 1.76. The first kappa shape index (κ1) is 18.2. The third-order valence-corrected chi connectivity index (χ3v) is 6.85. The number of thiazole rings is 1. The third-order valence-electron chi connectivity index (χ3n) is 5.69. The summed E-state index contributed by atoms with van der Waals surface area (Å²) in [6.45, 7) is 2.83. The van der Waals surface area contributed by atoms with Crippen molar-refractivity contribution in [1.29, 1.82) is 0 Å². The van der Waals surface area contributed by atoms with Gasteiger partial charge in [-0.3, -0.25) is 4.79 Å². The summed E-state index contributed by atoms with van der Waals surface area (Å²) in [5.74, 6) is 0.512. The van der Waals surface area contributed by atoms with Crippen LogP contribution in [-0.4, -0.2) is 17.4 Å². The first-order valence-corrected chi connectivity index (χ1v) is 10.7. The van der Waals surface area contributed by atoms with Gasteiger partial charge in [0, 0.05) is 18.4 Å². The highest BCUT2D eigenvalue weighted by Crippen LogP contribution is 2.40. The van der Waals surface area contributed by atoms with Gasteiger partial charge in [-0.25, -0.2) is 4.98 Å². The van der Waals surface area contributed by atoms with Crippen molar-refractivity contribution in [3.63, 3.8) is 0 Å². The molecule has 1 aliphatic rings. The van der Waals surface area contributed by atoms with Gasteiger partial charge in [-0.15, -0.1) is 11.3 Å². The number of aromatic nitrogens is 1. The summed E-state index contributed by atoms with van der Waals surface area (Å²) in [5.41, 5.74) is 3.66. The van der Waals surface area contributed by atoms with Crippen LogP contribution in [0, 0.1) is 12.8 Å². The molecular weight excluding hydrogens is 352 g/mol. The van der Waals surface area contributed by atoms with Crippen LogP contribution in [-0.2, 0) is 11.2 Å². The molecule has 27 heavy (non-hydrogen) atoms. The molecule has 1 heterocycles. The van der Waals surface area contributed by atoms with Crippen molar-refractivity contribution < 1.29 is 4.79 Å². The molecule has 1 aliphatic carbocycles. The number of benzene rings is 2. The fourth-order valence-electron chi connectivity index (χ4n) is 4.13. The average Bonchev–Trinajstić information content (AvgIpc) is 3.13. The minimum atomic E-state index is 0.0520. The highest BCUT2D eigenvalue weighted by Gasteiger charge is 2.33. The number of hydrogen-bond acceptors (Lipinski definition) is 3. The quantitative estimate of drug-likeness (QED) is 0.660. The molecule has 0 bridgehead atoms. The zero-order valence-corrected chi connectivity index (χ0v) is 16.6. The molecule has 1 aromatic heterocycles. The van der Waals surface area contributed by atoms with E-state index in [1.807, 2.05) is 6.07 Å². The maximum Gasteiger partial charge on any atom is 0.223 e. The minimum absolute atomic E-state index is 0.0520. The molecule has 0 radical (unpaired) electrons. The monoisotopic (exact) mass is 378 g/mol. The zero-order valence-electron chi connectivity index (χ0n) is 15.8. The molecule has 1 amide bonds. The second-order valence-electron chi connectivity index (χ2n) is 7.48. The van der Waals surface area contributed by atoms with Crippen molar-refractivity contribution in [2.75, 3.05) is 6.54 Å². The molecule has 3 aromatic rings. The Kier molecular flexibility index (Phi) is 5.53. The number of rotatable bonds is 5. The van der Waals surface area contributed by atoms with Crippen molar-refractivity contribution >= 4 is 27.5 Å². The van der Waals surface area contributed by atoms with Gasteiger partial charge in [-0.1, -0.05) is 49.2 Å². The number of carbonyl (C=O) groups is 1. The second-order valence-corrected chi connectivity index (χ2v) is 8.55. The van der Waals surface area contributed by atoms with Gasteiger partial charge in [0.05, 0.1) is 15.2 Å². The SMILES string of the molecule is Cc1ccccc1CCNC(=O)[C@@H]1CCCC[C@@H]1c1nc2ccccc2s1. The molecule has 2 atom stereocenters. The normalized spacial score (nSPS) is 19.9. The lowest BCUT2D eigenvalue weighted by molar-refractivity contribution is -0.126. The van der Waals surface area contributed by atoms with Crippen LogP contribution >= 0.6 is 11.3 Å². The van der Waals surface area contributed by atoms with Crippen LogP contribution in [0.1, 0.15) is 47.7 Å². The smallest absolute Gasteiger partial charge is 0.223 e. The Morgan fingerprint density at radius 3 is 2.74 bits per heavy atom. The minimum Gasteiger partial charge on any atom is -0.356 e. The number of hydrogen-bond donors (Lipinski definition) is 1. The van der Waals surface area contributed by atoms with E-state index >= 15 is 0 Å². The molecule has 0 saturated heterocycles. The predicted molar refractivity (Wildman–Crippen MR) is 112 cm³/mol. The Hall–Kier alpha value is -2.20. The first-order chi connectivity index (χ1) is 13.2. The molecule has 1 saturated carbocycles. The van der Waals surface area contributed by atoms with Crippen LogP contribution in [0.2, 0.25) is 0 Å². The summed E-state index contributed by atoms with van der Waals surface area (Å²) in [6, 6.07) is 16.7. The standard InChI is InChI=1S/C23H26N2OS/c1-16-8-2-3-9-17(16)14-15-24-22(26)18-10-4-5-11-19(18)23-25-20-12-6-7-13-21(20)27-23/h2-3,6-9,12-13,18-19H,4-5,10-11,14-15H2,1H3,(H,24,26)/t18-,19+/m1/s1. The number of para-hydroxylation sites is 1. The fraction of sp³-hybridized carbons (Fsp3) is 0.391. The Bertz CT molecular complexity index is 900. The van der Waals surface area contributed by atoms with E-state index in [2.05, 4.69) is 54.7 Å². The molecule has 1 N–H and O–H groups in total. The Morgan fingerprint density at radius 2 is 1.89 bits per heavy atom. The van der Waals surface area contributed by atoms with E-state index in [4.69, 9.17) is 4.98 Å².